The first-order chi connectivity index (χ1) is 6.33. The van der Waals surface area contributed by atoms with Crippen molar-refractivity contribution < 1.29 is 0 Å². The van der Waals surface area contributed by atoms with E-state index in [0.29, 0.717) is 5.88 Å². The van der Waals surface area contributed by atoms with Crippen LogP contribution in [0.3, 0.4) is 0 Å². The Morgan fingerprint density at radius 2 is 2.00 bits per heavy atom. The van der Waals surface area contributed by atoms with Gasteiger partial charge in [0.25, 0.3) is 0 Å². The SMILES string of the molecule is S=C(Cc1ccccc1)NCCCl. The summed E-state index contributed by atoms with van der Waals surface area (Å²) in [4.78, 5) is 0.854. The summed E-state index contributed by atoms with van der Waals surface area (Å²) < 4.78 is 0. The molecule has 0 aliphatic heterocycles. The van der Waals surface area contributed by atoms with Crippen molar-refractivity contribution in [3.8, 4) is 0 Å². The van der Waals surface area contributed by atoms with Gasteiger partial charge in [-0.15, -0.1) is 11.6 Å². The summed E-state index contributed by atoms with van der Waals surface area (Å²) in [6.07, 6.45) is 0.799. The van der Waals surface area contributed by atoms with Crippen LogP contribution >= 0.6 is 23.8 Å². The van der Waals surface area contributed by atoms with Gasteiger partial charge in [0.2, 0.25) is 0 Å². The van der Waals surface area contributed by atoms with Crippen molar-refractivity contribution in [2.24, 2.45) is 0 Å². The molecule has 0 heterocycles. The minimum absolute atomic E-state index is 0.592. The van der Waals surface area contributed by atoms with Crippen molar-refractivity contribution in [2.75, 3.05) is 12.4 Å². The quantitative estimate of drug-likeness (QED) is 0.609. The van der Waals surface area contributed by atoms with Gasteiger partial charge in [0, 0.05) is 18.8 Å². The average Bonchev–Trinajstić information content (AvgIpc) is 2.16. The molecule has 0 radical (unpaired) electrons. The Bertz CT molecular complexity index is 261. The summed E-state index contributed by atoms with van der Waals surface area (Å²) in [6.45, 7) is 0.743. The largest absolute Gasteiger partial charge is 0.378 e. The van der Waals surface area contributed by atoms with Crippen molar-refractivity contribution in [3.63, 3.8) is 0 Å². The number of benzene rings is 1. The number of hydrogen-bond donors (Lipinski definition) is 1. The van der Waals surface area contributed by atoms with Gasteiger partial charge in [-0.05, 0) is 5.56 Å². The number of alkyl halides is 1. The molecule has 1 nitrogen and oxygen atoms in total. The molecule has 1 N–H and O–H groups in total. The second kappa shape index (κ2) is 5.95. The molecule has 0 atom stereocenters. The fourth-order valence-electron chi connectivity index (χ4n) is 1.03. The van der Waals surface area contributed by atoms with Crippen LogP contribution in [0.5, 0.6) is 0 Å². The summed E-state index contributed by atoms with van der Waals surface area (Å²) in [5.41, 5.74) is 1.23. The predicted octanol–water partition coefficient (Wildman–Crippen LogP) is 2.38. The molecule has 13 heavy (non-hydrogen) atoms. The topological polar surface area (TPSA) is 12.0 Å². The Morgan fingerprint density at radius 3 is 2.62 bits per heavy atom. The molecule has 70 valence electrons. The highest BCUT2D eigenvalue weighted by Crippen LogP contribution is 1.99. The Balaban J connectivity index is 2.37. The normalized spacial score (nSPS) is 9.62. The van der Waals surface area contributed by atoms with Gasteiger partial charge >= 0.3 is 0 Å². The standard InChI is InChI=1S/C10H12ClNS/c11-6-7-12-10(13)8-9-4-2-1-3-5-9/h1-5H,6-8H2,(H,12,13). The lowest BCUT2D eigenvalue weighted by atomic mass is 10.1. The molecule has 0 bridgehead atoms. The zero-order valence-electron chi connectivity index (χ0n) is 7.29. The van der Waals surface area contributed by atoms with Crippen LogP contribution < -0.4 is 5.32 Å². The van der Waals surface area contributed by atoms with Crippen LogP contribution in [0.2, 0.25) is 0 Å². The highest BCUT2D eigenvalue weighted by atomic mass is 35.5. The van der Waals surface area contributed by atoms with Crippen LogP contribution in [0.1, 0.15) is 5.56 Å². The Kier molecular flexibility index (Phi) is 4.79. The van der Waals surface area contributed by atoms with Crippen LogP contribution in [-0.2, 0) is 6.42 Å². The van der Waals surface area contributed by atoms with Gasteiger partial charge in [-0.1, -0.05) is 42.5 Å². The molecule has 0 spiro atoms. The molecule has 1 aromatic rings. The van der Waals surface area contributed by atoms with Gasteiger partial charge in [0.15, 0.2) is 0 Å². The van der Waals surface area contributed by atoms with Crippen LogP contribution in [0.15, 0.2) is 30.3 Å². The van der Waals surface area contributed by atoms with Crippen LogP contribution in [0.4, 0.5) is 0 Å². The van der Waals surface area contributed by atoms with Gasteiger partial charge in [0.1, 0.15) is 0 Å². The second-order valence-corrected chi connectivity index (χ2v) is 3.57. The van der Waals surface area contributed by atoms with E-state index < -0.39 is 0 Å². The zero-order chi connectivity index (χ0) is 9.52. The van der Waals surface area contributed by atoms with E-state index in [9.17, 15) is 0 Å². The molecule has 0 amide bonds. The van der Waals surface area contributed by atoms with Gasteiger partial charge in [0.05, 0.1) is 4.99 Å². The Labute approximate surface area is 89.1 Å². The third-order valence-corrected chi connectivity index (χ3v) is 2.10. The minimum atomic E-state index is 0.592. The van der Waals surface area contributed by atoms with E-state index in [-0.39, 0.29) is 0 Å². The van der Waals surface area contributed by atoms with E-state index in [4.69, 9.17) is 23.8 Å². The van der Waals surface area contributed by atoms with Gasteiger partial charge < -0.3 is 5.32 Å². The molecule has 0 saturated heterocycles. The number of halogens is 1. The molecule has 0 saturated carbocycles. The van der Waals surface area contributed by atoms with E-state index in [0.717, 1.165) is 18.0 Å². The molecular weight excluding hydrogens is 202 g/mol. The van der Waals surface area contributed by atoms with Gasteiger partial charge in [-0.25, -0.2) is 0 Å². The number of hydrogen-bond acceptors (Lipinski definition) is 1. The predicted molar refractivity (Wildman–Crippen MR) is 61.5 cm³/mol. The summed E-state index contributed by atoms with van der Waals surface area (Å²) in [7, 11) is 0. The van der Waals surface area contributed by atoms with Gasteiger partial charge in [-0.3, -0.25) is 0 Å². The second-order valence-electron chi connectivity index (χ2n) is 2.70. The fourth-order valence-corrected chi connectivity index (χ4v) is 1.39. The molecule has 0 fully saturated rings. The highest BCUT2D eigenvalue weighted by molar-refractivity contribution is 7.80. The lowest BCUT2D eigenvalue weighted by molar-refractivity contribution is 0.968. The Hall–Kier alpha value is -0.600. The third-order valence-electron chi connectivity index (χ3n) is 1.62. The molecule has 0 unspecified atom stereocenters. The molecule has 0 aliphatic carbocycles. The van der Waals surface area contributed by atoms with E-state index in [2.05, 4.69) is 17.4 Å². The molecule has 0 aliphatic rings. The number of rotatable bonds is 4. The van der Waals surface area contributed by atoms with Gasteiger partial charge in [-0.2, -0.15) is 0 Å². The van der Waals surface area contributed by atoms with E-state index in [1.165, 1.54) is 5.56 Å². The fraction of sp³-hybridized carbons (Fsp3) is 0.300. The summed E-state index contributed by atoms with van der Waals surface area (Å²) in [6, 6.07) is 10.2. The van der Waals surface area contributed by atoms with Crippen LogP contribution in [0.25, 0.3) is 0 Å². The summed E-state index contributed by atoms with van der Waals surface area (Å²) in [5.74, 6) is 0.592. The average molecular weight is 214 g/mol. The zero-order valence-corrected chi connectivity index (χ0v) is 8.87. The minimum Gasteiger partial charge on any atom is -0.378 e. The van der Waals surface area contributed by atoms with E-state index in [1.54, 1.807) is 0 Å². The molecule has 1 aromatic carbocycles. The smallest absolute Gasteiger partial charge is 0.0798 e. The molecular formula is C10H12ClNS. The lowest BCUT2D eigenvalue weighted by Crippen LogP contribution is -2.25. The molecule has 0 aromatic heterocycles. The van der Waals surface area contributed by atoms with E-state index in [1.807, 2.05) is 18.2 Å². The van der Waals surface area contributed by atoms with Crippen molar-refractivity contribution in [3.05, 3.63) is 35.9 Å². The maximum absolute atomic E-state index is 5.53. The molecule has 1 rings (SSSR count). The molecule has 3 heteroatoms. The maximum Gasteiger partial charge on any atom is 0.0798 e. The third kappa shape index (κ3) is 4.25. The summed E-state index contributed by atoms with van der Waals surface area (Å²) >= 11 is 10.7. The Morgan fingerprint density at radius 1 is 1.31 bits per heavy atom. The lowest BCUT2D eigenvalue weighted by Gasteiger charge is -2.05. The monoisotopic (exact) mass is 213 g/mol. The van der Waals surface area contributed by atoms with E-state index >= 15 is 0 Å². The van der Waals surface area contributed by atoms with Crippen molar-refractivity contribution in [1.29, 1.82) is 0 Å². The number of nitrogens with one attached hydrogen (secondary N) is 1. The maximum atomic E-state index is 5.53. The summed E-state index contributed by atoms with van der Waals surface area (Å²) in [5, 5.41) is 3.08. The van der Waals surface area contributed by atoms with Crippen molar-refractivity contribution in [2.45, 2.75) is 6.42 Å². The first kappa shape index (κ1) is 10.5. The van der Waals surface area contributed by atoms with Crippen molar-refractivity contribution >= 4 is 28.8 Å². The van der Waals surface area contributed by atoms with Crippen molar-refractivity contribution in [1.82, 2.24) is 5.32 Å². The first-order valence-corrected chi connectivity index (χ1v) is 5.14. The number of thiocarbonyl (C=S) groups is 1. The van der Waals surface area contributed by atoms with Crippen LogP contribution in [-0.4, -0.2) is 17.4 Å². The first-order valence-electron chi connectivity index (χ1n) is 4.19. The van der Waals surface area contributed by atoms with Crippen LogP contribution in [0, 0.1) is 0 Å². The highest BCUT2D eigenvalue weighted by Gasteiger charge is 1.96.